The third-order valence-corrected chi connectivity index (χ3v) is 3.91. The molecule has 1 heterocycles. The van der Waals surface area contributed by atoms with E-state index in [2.05, 4.69) is 28.2 Å². The van der Waals surface area contributed by atoms with Gasteiger partial charge < -0.3 is 10.1 Å². The van der Waals surface area contributed by atoms with Crippen LogP contribution in [0.3, 0.4) is 0 Å². The van der Waals surface area contributed by atoms with Crippen molar-refractivity contribution in [1.82, 2.24) is 0 Å². The lowest BCUT2D eigenvalue weighted by Gasteiger charge is -2.16. The number of nitro benzene ring substituents is 1. The molecular weight excluding hydrogens is 300 g/mol. The molecule has 0 aliphatic carbocycles. The zero-order valence-corrected chi connectivity index (χ0v) is 11.6. The van der Waals surface area contributed by atoms with Crippen LogP contribution < -0.4 is 5.32 Å². The van der Waals surface area contributed by atoms with Crippen molar-refractivity contribution in [2.75, 3.05) is 18.5 Å². The first-order valence-corrected chi connectivity index (χ1v) is 6.66. The molecule has 1 aromatic carbocycles. The molecule has 1 fully saturated rings. The topological polar surface area (TPSA) is 64.4 Å². The Balaban J connectivity index is 1.99. The van der Waals surface area contributed by atoms with E-state index in [1.165, 1.54) is 12.1 Å². The van der Waals surface area contributed by atoms with Crippen LogP contribution in [0.15, 0.2) is 22.7 Å². The van der Waals surface area contributed by atoms with Crippen LogP contribution in [0.4, 0.5) is 11.4 Å². The zero-order valence-electron chi connectivity index (χ0n) is 10.1. The Bertz CT molecular complexity index is 453. The third kappa shape index (κ3) is 3.00. The summed E-state index contributed by atoms with van der Waals surface area (Å²) >= 11 is 3.34. The van der Waals surface area contributed by atoms with Crippen LogP contribution in [0.1, 0.15) is 13.3 Å². The predicted octanol–water partition coefficient (Wildman–Crippen LogP) is 3.19. The predicted molar refractivity (Wildman–Crippen MR) is 72.8 cm³/mol. The molecule has 1 aromatic rings. The van der Waals surface area contributed by atoms with Crippen LogP contribution in [0.5, 0.6) is 0 Å². The van der Waals surface area contributed by atoms with Crippen LogP contribution in [0.2, 0.25) is 0 Å². The van der Waals surface area contributed by atoms with Crippen molar-refractivity contribution >= 4 is 27.3 Å². The molecular formula is C12H15BrN2O3. The molecule has 1 aliphatic heterocycles. The Morgan fingerprint density at radius 3 is 2.94 bits per heavy atom. The van der Waals surface area contributed by atoms with E-state index in [1.807, 2.05) is 0 Å². The highest BCUT2D eigenvalue weighted by Crippen LogP contribution is 2.28. The zero-order chi connectivity index (χ0) is 13.1. The van der Waals surface area contributed by atoms with Crippen molar-refractivity contribution in [3.8, 4) is 0 Å². The Labute approximate surface area is 114 Å². The molecule has 0 bridgehead atoms. The minimum absolute atomic E-state index is 0.0880. The van der Waals surface area contributed by atoms with E-state index in [0.717, 1.165) is 25.3 Å². The van der Waals surface area contributed by atoms with Gasteiger partial charge in [-0.2, -0.15) is 0 Å². The van der Waals surface area contributed by atoms with Gasteiger partial charge in [0.05, 0.1) is 11.0 Å². The lowest BCUT2D eigenvalue weighted by molar-refractivity contribution is -0.384. The normalized spacial score (nSPS) is 23.0. The highest BCUT2D eigenvalue weighted by Gasteiger charge is 2.24. The van der Waals surface area contributed by atoms with Gasteiger partial charge in [0.1, 0.15) is 0 Å². The number of hydrogen-bond donors (Lipinski definition) is 1. The number of non-ortho nitro benzene ring substituents is 1. The Kier molecular flexibility index (Phi) is 4.19. The molecule has 1 N–H and O–H groups in total. The number of nitro groups is 1. The number of halogens is 1. The summed E-state index contributed by atoms with van der Waals surface area (Å²) in [6.45, 7) is 3.71. The summed E-state index contributed by atoms with van der Waals surface area (Å²) in [5.74, 6) is 0.493. The summed E-state index contributed by atoms with van der Waals surface area (Å²) in [7, 11) is 0. The highest BCUT2D eigenvalue weighted by atomic mass is 79.9. The van der Waals surface area contributed by atoms with Gasteiger partial charge in [-0.1, -0.05) is 0 Å². The largest absolute Gasteiger partial charge is 0.384 e. The third-order valence-electron chi connectivity index (χ3n) is 3.25. The fourth-order valence-electron chi connectivity index (χ4n) is 2.05. The van der Waals surface area contributed by atoms with E-state index in [4.69, 9.17) is 4.74 Å². The second-order valence-corrected chi connectivity index (χ2v) is 5.28. The number of rotatable bonds is 4. The first-order chi connectivity index (χ1) is 8.58. The fourth-order valence-corrected chi connectivity index (χ4v) is 2.55. The van der Waals surface area contributed by atoms with Gasteiger partial charge in [-0.05, 0) is 35.3 Å². The van der Waals surface area contributed by atoms with E-state index in [1.54, 1.807) is 6.07 Å². The lowest BCUT2D eigenvalue weighted by atomic mass is 10.0. The number of hydrogen-bond acceptors (Lipinski definition) is 4. The minimum Gasteiger partial charge on any atom is -0.384 e. The summed E-state index contributed by atoms with van der Waals surface area (Å²) in [6, 6.07) is 4.74. The second-order valence-electron chi connectivity index (χ2n) is 4.43. The van der Waals surface area contributed by atoms with Gasteiger partial charge in [0.2, 0.25) is 0 Å². The molecule has 0 radical (unpaired) electrons. The van der Waals surface area contributed by atoms with Crippen molar-refractivity contribution in [1.29, 1.82) is 0 Å². The average molecular weight is 315 g/mol. The summed E-state index contributed by atoms with van der Waals surface area (Å²) in [5.41, 5.74) is 0.963. The number of benzene rings is 1. The smallest absolute Gasteiger partial charge is 0.270 e. The van der Waals surface area contributed by atoms with Gasteiger partial charge in [0.25, 0.3) is 5.69 Å². The van der Waals surface area contributed by atoms with Crippen molar-refractivity contribution < 1.29 is 9.66 Å². The van der Waals surface area contributed by atoms with E-state index < -0.39 is 4.92 Å². The first kappa shape index (κ1) is 13.3. The molecule has 2 rings (SSSR count). The van der Waals surface area contributed by atoms with E-state index in [0.29, 0.717) is 10.4 Å². The number of anilines is 1. The molecule has 5 nitrogen and oxygen atoms in total. The summed E-state index contributed by atoms with van der Waals surface area (Å²) < 4.78 is 6.20. The molecule has 0 saturated carbocycles. The van der Waals surface area contributed by atoms with Gasteiger partial charge in [-0.15, -0.1) is 0 Å². The van der Waals surface area contributed by atoms with Crippen molar-refractivity contribution in [3.05, 3.63) is 32.8 Å². The molecule has 2 atom stereocenters. The van der Waals surface area contributed by atoms with Crippen LogP contribution in [-0.4, -0.2) is 24.2 Å². The summed E-state index contributed by atoms with van der Waals surface area (Å²) in [4.78, 5) is 10.2. The van der Waals surface area contributed by atoms with Gasteiger partial charge in [0.15, 0.2) is 0 Å². The number of nitrogens with one attached hydrogen (secondary N) is 1. The lowest BCUT2D eigenvalue weighted by Crippen LogP contribution is -2.20. The van der Waals surface area contributed by atoms with E-state index in [9.17, 15) is 10.1 Å². The van der Waals surface area contributed by atoms with Crippen LogP contribution in [0.25, 0.3) is 0 Å². The average Bonchev–Trinajstić information content (AvgIpc) is 2.73. The standard InChI is InChI=1S/C12H15BrN2O3/c1-8-9(4-5-18-8)7-14-12-3-2-10(15(16)17)6-11(12)13/h2-3,6,8-9,14H,4-5,7H2,1H3. The summed E-state index contributed by atoms with van der Waals surface area (Å²) in [5, 5.41) is 13.9. The fraction of sp³-hybridized carbons (Fsp3) is 0.500. The van der Waals surface area contributed by atoms with Crippen LogP contribution in [0, 0.1) is 16.0 Å². The quantitative estimate of drug-likeness (QED) is 0.684. The van der Waals surface area contributed by atoms with Crippen molar-refractivity contribution in [2.24, 2.45) is 5.92 Å². The first-order valence-electron chi connectivity index (χ1n) is 5.87. The second kappa shape index (κ2) is 5.67. The number of nitrogens with zero attached hydrogens (tertiary/aromatic N) is 1. The summed E-state index contributed by atoms with van der Waals surface area (Å²) in [6.07, 6.45) is 1.33. The van der Waals surface area contributed by atoms with Gasteiger partial charge in [0, 0.05) is 41.4 Å². The minimum atomic E-state index is -0.401. The maximum atomic E-state index is 10.6. The Morgan fingerprint density at radius 2 is 2.39 bits per heavy atom. The molecule has 0 amide bonds. The van der Waals surface area contributed by atoms with Gasteiger partial charge >= 0.3 is 0 Å². The van der Waals surface area contributed by atoms with Gasteiger partial charge in [-0.25, -0.2) is 0 Å². The Hall–Kier alpha value is -1.14. The van der Waals surface area contributed by atoms with Gasteiger partial charge in [-0.3, -0.25) is 10.1 Å². The molecule has 0 spiro atoms. The number of ether oxygens (including phenoxy) is 1. The van der Waals surface area contributed by atoms with Crippen molar-refractivity contribution in [2.45, 2.75) is 19.4 Å². The van der Waals surface area contributed by atoms with Crippen molar-refractivity contribution in [3.63, 3.8) is 0 Å². The molecule has 98 valence electrons. The molecule has 1 aliphatic rings. The SMILES string of the molecule is CC1OCCC1CNc1ccc([N+](=O)[O-])cc1Br. The Morgan fingerprint density at radius 1 is 1.61 bits per heavy atom. The van der Waals surface area contributed by atoms with E-state index in [-0.39, 0.29) is 11.8 Å². The molecule has 1 saturated heterocycles. The molecule has 0 aromatic heterocycles. The monoisotopic (exact) mass is 314 g/mol. The molecule has 2 unspecified atom stereocenters. The maximum absolute atomic E-state index is 10.6. The maximum Gasteiger partial charge on any atom is 0.270 e. The highest BCUT2D eigenvalue weighted by molar-refractivity contribution is 9.10. The molecule has 6 heteroatoms. The van der Waals surface area contributed by atoms with Crippen LogP contribution in [-0.2, 0) is 4.74 Å². The molecule has 18 heavy (non-hydrogen) atoms. The van der Waals surface area contributed by atoms with Crippen LogP contribution >= 0.6 is 15.9 Å². The van der Waals surface area contributed by atoms with E-state index >= 15 is 0 Å².